The van der Waals surface area contributed by atoms with Gasteiger partial charge in [-0.2, -0.15) is 16.7 Å². The highest BCUT2D eigenvalue weighted by Gasteiger charge is 2.04. The van der Waals surface area contributed by atoms with Crippen LogP contribution in [0.25, 0.3) is 5.65 Å². The van der Waals surface area contributed by atoms with Crippen LogP contribution in [0.5, 0.6) is 0 Å². The Morgan fingerprint density at radius 3 is 3.12 bits per heavy atom. The van der Waals surface area contributed by atoms with Gasteiger partial charge >= 0.3 is 0 Å². The van der Waals surface area contributed by atoms with Crippen LogP contribution in [0.3, 0.4) is 0 Å². The number of hydrogen-bond acceptors (Lipinski definition) is 4. The summed E-state index contributed by atoms with van der Waals surface area (Å²) in [5, 5.41) is 8.11. The van der Waals surface area contributed by atoms with E-state index < -0.39 is 0 Å². The second-order valence-corrected chi connectivity index (χ2v) is 5.70. The van der Waals surface area contributed by atoms with Gasteiger partial charge in [0.15, 0.2) is 5.65 Å². The third-order valence-corrected chi connectivity index (χ3v) is 3.69. The Labute approximate surface area is 107 Å². The van der Waals surface area contributed by atoms with Crippen molar-refractivity contribution in [2.45, 2.75) is 12.2 Å². The summed E-state index contributed by atoms with van der Waals surface area (Å²) in [6, 6.07) is 3.89. The second kappa shape index (κ2) is 5.05. The van der Waals surface area contributed by atoms with Crippen molar-refractivity contribution < 1.29 is 0 Å². The van der Waals surface area contributed by atoms with E-state index in [0.717, 1.165) is 16.7 Å². The maximum atomic E-state index is 4.37. The molecule has 0 fully saturated rings. The molecule has 0 amide bonds. The smallest absolute Gasteiger partial charge is 0.243 e. The van der Waals surface area contributed by atoms with E-state index in [1.807, 2.05) is 30.1 Å². The van der Waals surface area contributed by atoms with Crippen LogP contribution in [-0.4, -0.2) is 32.6 Å². The topological polar surface area (TPSA) is 42.2 Å². The van der Waals surface area contributed by atoms with Gasteiger partial charge in [-0.25, -0.2) is 4.52 Å². The Balaban J connectivity index is 2.13. The maximum Gasteiger partial charge on any atom is 0.243 e. The predicted octanol–water partition coefficient (Wildman–Crippen LogP) is 2.66. The largest absolute Gasteiger partial charge is 0.352 e. The van der Waals surface area contributed by atoms with Crippen molar-refractivity contribution in [1.29, 1.82) is 0 Å². The van der Waals surface area contributed by atoms with Crippen LogP contribution in [0.15, 0.2) is 22.8 Å². The SMILES string of the molecule is CSC(C)CNc1nc2ccc(Br)cn2n1. The van der Waals surface area contributed by atoms with Gasteiger partial charge in [0.05, 0.1) is 0 Å². The molecule has 0 bridgehead atoms. The molecule has 0 aliphatic rings. The molecule has 1 N–H and O–H groups in total. The molecule has 0 saturated heterocycles. The van der Waals surface area contributed by atoms with Crippen LogP contribution < -0.4 is 5.32 Å². The van der Waals surface area contributed by atoms with Crippen LogP contribution in [0.1, 0.15) is 6.92 Å². The Morgan fingerprint density at radius 2 is 2.38 bits per heavy atom. The number of nitrogens with zero attached hydrogens (tertiary/aromatic N) is 3. The van der Waals surface area contributed by atoms with E-state index in [-0.39, 0.29) is 0 Å². The van der Waals surface area contributed by atoms with Gasteiger partial charge in [0, 0.05) is 22.5 Å². The molecule has 0 radical (unpaired) electrons. The molecule has 0 saturated carbocycles. The minimum Gasteiger partial charge on any atom is -0.352 e. The molecule has 0 aliphatic heterocycles. The summed E-state index contributed by atoms with van der Waals surface area (Å²) in [5.41, 5.74) is 0.850. The van der Waals surface area contributed by atoms with Crippen LogP contribution in [-0.2, 0) is 0 Å². The Hall–Kier alpha value is -0.750. The van der Waals surface area contributed by atoms with E-state index in [1.54, 1.807) is 4.52 Å². The molecule has 2 rings (SSSR count). The molecule has 4 nitrogen and oxygen atoms in total. The summed E-state index contributed by atoms with van der Waals surface area (Å²) in [4.78, 5) is 4.37. The van der Waals surface area contributed by atoms with Gasteiger partial charge < -0.3 is 5.32 Å². The zero-order chi connectivity index (χ0) is 11.5. The lowest BCUT2D eigenvalue weighted by atomic mass is 10.5. The number of hydrogen-bond donors (Lipinski definition) is 1. The van der Waals surface area contributed by atoms with Gasteiger partial charge in [0.1, 0.15) is 0 Å². The Morgan fingerprint density at radius 1 is 1.56 bits per heavy atom. The van der Waals surface area contributed by atoms with E-state index in [4.69, 9.17) is 0 Å². The van der Waals surface area contributed by atoms with Crippen molar-refractivity contribution in [3.05, 3.63) is 22.8 Å². The third-order valence-electron chi connectivity index (χ3n) is 2.24. The Kier molecular flexibility index (Phi) is 3.70. The van der Waals surface area contributed by atoms with Gasteiger partial charge in [-0.05, 0) is 34.3 Å². The summed E-state index contributed by atoms with van der Waals surface area (Å²) in [6.45, 7) is 3.04. The van der Waals surface area contributed by atoms with E-state index in [2.05, 4.69) is 44.5 Å². The van der Waals surface area contributed by atoms with Crippen molar-refractivity contribution in [3.8, 4) is 0 Å². The molecule has 6 heteroatoms. The average Bonchev–Trinajstić information content (AvgIpc) is 2.67. The van der Waals surface area contributed by atoms with Crippen LogP contribution >= 0.6 is 27.7 Å². The fourth-order valence-electron chi connectivity index (χ4n) is 1.25. The molecule has 0 spiro atoms. The first kappa shape index (κ1) is 11.7. The number of halogens is 1. The van der Waals surface area contributed by atoms with Crippen molar-refractivity contribution in [2.24, 2.45) is 0 Å². The molecule has 2 aromatic heterocycles. The monoisotopic (exact) mass is 300 g/mol. The fourth-order valence-corrected chi connectivity index (χ4v) is 1.83. The third kappa shape index (κ3) is 2.68. The average molecular weight is 301 g/mol. The molecule has 2 aromatic rings. The predicted molar refractivity (Wildman–Crippen MR) is 72.2 cm³/mol. The van der Waals surface area contributed by atoms with E-state index in [9.17, 15) is 0 Å². The minimum absolute atomic E-state index is 0.554. The lowest BCUT2D eigenvalue weighted by Crippen LogP contribution is -2.13. The zero-order valence-electron chi connectivity index (χ0n) is 9.14. The van der Waals surface area contributed by atoms with Gasteiger partial charge in [0.25, 0.3) is 0 Å². The van der Waals surface area contributed by atoms with Crippen molar-refractivity contribution >= 4 is 39.3 Å². The van der Waals surface area contributed by atoms with Gasteiger partial charge in [-0.1, -0.05) is 6.92 Å². The van der Waals surface area contributed by atoms with Crippen LogP contribution in [0.4, 0.5) is 5.95 Å². The number of thioether (sulfide) groups is 1. The lowest BCUT2D eigenvalue weighted by Gasteiger charge is -2.06. The molecular formula is C10H13BrN4S. The molecule has 1 unspecified atom stereocenters. The quantitative estimate of drug-likeness (QED) is 0.943. The first-order valence-corrected chi connectivity index (χ1v) is 7.05. The van der Waals surface area contributed by atoms with Crippen LogP contribution in [0.2, 0.25) is 0 Å². The number of pyridine rings is 1. The Bertz CT molecular complexity index is 485. The highest BCUT2D eigenvalue weighted by molar-refractivity contribution is 9.10. The van der Waals surface area contributed by atoms with Crippen LogP contribution in [0, 0.1) is 0 Å². The normalized spacial score (nSPS) is 12.9. The molecule has 2 heterocycles. The lowest BCUT2D eigenvalue weighted by molar-refractivity contribution is 0.930. The van der Waals surface area contributed by atoms with Crippen molar-refractivity contribution in [2.75, 3.05) is 18.1 Å². The number of fused-ring (bicyclic) bond motifs is 1. The van der Waals surface area contributed by atoms with Crippen molar-refractivity contribution in [1.82, 2.24) is 14.6 Å². The number of rotatable bonds is 4. The highest BCUT2D eigenvalue weighted by Crippen LogP contribution is 2.12. The second-order valence-electron chi connectivity index (χ2n) is 3.51. The maximum absolute atomic E-state index is 4.37. The fraction of sp³-hybridized carbons (Fsp3) is 0.400. The number of anilines is 1. The number of aromatic nitrogens is 3. The summed E-state index contributed by atoms with van der Waals surface area (Å²) in [5.74, 6) is 0.680. The summed E-state index contributed by atoms with van der Waals surface area (Å²) in [7, 11) is 0. The zero-order valence-corrected chi connectivity index (χ0v) is 11.5. The molecule has 1 atom stereocenters. The number of nitrogens with one attached hydrogen (secondary N) is 1. The first-order valence-electron chi connectivity index (χ1n) is 4.97. The molecular weight excluding hydrogens is 288 g/mol. The summed E-state index contributed by atoms with van der Waals surface area (Å²) >= 11 is 5.22. The molecule has 0 aromatic carbocycles. The van der Waals surface area contributed by atoms with Gasteiger partial charge in [-0.3, -0.25) is 0 Å². The van der Waals surface area contributed by atoms with E-state index in [1.165, 1.54) is 0 Å². The molecule has 86 valence electrons. The summed E-state index contributed by atoms with van der Waals surface area (Å²) in [6.07, 6.45) is 3.99. The van der Waals surface area contributed by atoms with E-state index in [0.29, 0.717) is 11.2 Å². The van der Waals surface area contributed by atoms with Gasteiger partial charge in [-0.15, -0.1) is 5.10 Å². The first-order chi connectivity index (χ1) is 7.69. The van der Waals surface area contributed by atoms with E-state index >= 15 is 0 Å². The standard InChI is InChI=1S/C10H13BrN4S/c1-7(16-2)5-12-10-13-9-4-3-8(11)6-15(9)14-10/h3-4,6-7H,5H2,1-2H3,(H,12,14). The summed E-state index contributed by atoms with van der Waals surface area (Å²) < 4.78 is 2.75. The molecule has 0 aliphatic carbocycles. The highest BCUT2D eigenvalue weighted by atomic mass is 79.9. The molecule has 16 heavy (non-hydrogen) atoms. The van der Waals surface area contributed by atoms with Gasteiger partial charge in [0.2, 0.25) is 5.95 Å². The van der Waals surface area contributed by atoms with Crippen molar-refractivity contribution in [3.63, 3.8) is 0 Å². The minimum atomic E-state index is 0.554.